The third-order valence-electron chi connectivity index (χ3n) is 1.74. The van der Waals surface area contributed by atoms with Crippen molar-refractivity contribution in [2.45, 2.75) is 5.92 Å². The highest BCUT2D eigenvalue weighted by atomic mass is 16.5. The zero-order chi connectivity index (χ0) is 8.81. The third kappa shape index (κ3) is 2.29. The van der Waals surface area contributed by atoms with Gasteiger partial charge in [0.15, 0.2) is 0 Å². The van der Waals surface area contributed by atoms with Crippen LogP contribution in [0.3, 0.4) is 0 Å². The Kier molecular flexibility index (Phi) is 3.70. The molecule has 0 fully saturated rings. The predicted molar refractivity (Wildman–Crippen MR) is 45.9 cm³/mol. The second-order valence-electron chi connectivity index (χ2n) is 2.62. The van der Waals surface area contributed by atoms with Crippen LogP contribution in [0, 0.1) is 0 Å². The molecule has 1 atom stereocenters. The summed E-state index contributed by atoms with van der Waals surface area (Å²) in [5.74, 6) is 0.0451. The molecule has 1 aromatic heterocycles. The highest BCUT2D eigenvalue weighted by molar-refractivity contribution is 5.14. The lowest BCUT2D eigenvalue weighted by Crippen LogP contribution is -2.10. The van der Waals surface area contributed by atoms with Gasteiger partial charge in [-0.25, -0.2) is 0 Å². The van der Waals surface area contributed by atoms with E-state index in [1.54, 1.807) is 19.5 Å². The number of methoxy groups -OCH3 is 1. The van der Waals surface area contributed by atoms with E-state index in [1.165, 1.54) is 0 Å². The fraction of sp³-hybridized carbons (Fsp3) is 0.444. The van der Waals surface area contributed by atoms with E-state index >= 15 is 0 Å². The molecule has 0 saturated carbocycles. The number of hydrogen-bond donors (Lipinski definition) is 1. The van der Waals surface area contributed by atoms with Crippen LogP contribution in [0.15, 0.2) is 24.5 Å². The summed E-state index contributed by atoms with van der Waals surface area (Å²) >= 11 is 0. The van der Waals surface area contributed by atoms with Crippen molar-refractivity contribution in [2.75, 3.05) is 20.3 Å². The second kappa shape index (κ2) is 4.85. The fourth-order valence-electron chi connectivity index (χ4n) is 1.07. The number of nitrogens with zero attached hydrogens (tertiary/aromatic N) is 1. The molecule has 1 aromatic rings. The molecule has 66 valence electrons. The van der Waals surface area contributed by atoms with Gasteiger partial charge >= 0.3 is 0 Å². The zero-order valence-corrected chi connectivity index (χ0v) is 7.10. The van der Waals surface area contributed by atoms with Crippen LogP contribution in [-0.4, -0.2) is 30.4 Å². The summed E-state index contributed by atoms with van der Waals surface area (Å²) in [7, 11) is 1.62. The normalized spacial score (nSPS) is 12.8. The maximum Gasteiger partial charge on any atom is 0.0553 e. The van der Waals surface area contributed by atoms with Crippen LogP contribution in [0.5, 0.6) is 0 Å². The maximum atomic E-state index is 9.00. The van der Waals surface area contributed by atoms with Crippen molar-refractivity contribution >= 4 is 0 Å². The molecule has 0 aliphatic heterocycles. The first-order chi connectivity index (χ1) is 5.88. The Bertz CT molecular complexity index is 213. The fourth-order valence-corrected chi connectivity index (χ4v) is 1.07. The number of pyridine rings is 1. The lowest BCUT2D eigenvalue weighted by Gasteiger charge is -2.11. The molecule has 0 bridgehead atoms. The van der Waals surface area contributed by atoms with Crippen LogP contribution in [-0.2, 0) is 4.74 Å². The summed E-state index contributed by atoms with van der Waals surface area (Å²) in [5.41, 5.74) is 1.02. The van der Waals surface area contributed by atoms with Gasteiger partial charge in [0.05, 0.1) is 13.2 Å². The molecule has 0 aliphatic carbocycles. The molecule has 0 aliphatic rings. The number of hydrogen-bond acceptors (Lipinski definition) is 3. The SMILES string of the molecule is COCC(CO)c1cccnc1. The van der Waals surface area contributed by atoms with E-state index in [-0.39, 0.29) is 12.5 Å². The van der Waals surface area contributed by atoms with Crippen LogP contribution >= 0.6 is 0 Å². The van der Waals surface area contributed by atoms with Gasteiger partial charge in [0.2, 0.25) is 0 Å². The third-order valence-corrected chi connectivity index (χ3v) is 1.74. The van der Waals surface area contributed by atoms with Gasteiger partial charge in [-0.05, 0) is 11.6 Å². The lowest BCUT2D eigenvalue weighted by molar-refractivity contribution is 0.144. The van der Waals surface area contributed by atoms with E-state index in [0.717, 1.165) is 5.56 Å². The zero-order valence-electron chi connectivity index (χ0n) is 7.10. The van der Waals surface area contributed by atoms with Crippen LogP contribution in [0.25, 0.3) is 0 Å². The number of aromatic nitrogens is 1. The van der Waals surface area contributed by atoms with Crippen molar-refractivity contribution in [3.05, 3.63) is 30.1 Å². The first-order valence-electron chi connectivity index (χ1n) is 3.88. The number of aliphatic hydroxyl groups is 1. The Labute approximate surface area is 72.0 Å². The van der Waals surface area contributed by atoms with Gasteiger partial charge in [0, 0.05) is 25.4 Å². The summed E-state index contributed by atoms with van der Waals surface area (Å²) < 4.78 is 4.96. The summed E-state index contributed by atoms with van der Waals surface area (Å²) in [6.07, 6.45) is 3.46. The molecule has 1 rings (SSSR count). The average Bonchev–Trinajstić information content (AvgIpc) is 2.15. The first-order valence-corrected chi connectivity index (χ1v) is 3.88. The standard InChI is InChI=1S/C9H13NO2/c1-12-7-9(6-11)8-3-2-4-10-5-8/h2-5,9,11H,6-7H2,1H3. The van der Waals surface area contributed by atoms with Gasteiger partial charge in [0.25, 0.3) is 0 Å². The van der Waals surface area contributed by atoms with Gasteiger partial charge in [0.1, 0.15) is 0 Å². The summed E-state index contributed by atoms with van der Waals surface area (Å²) in [6, 6.07) is 3.79. The van der Waals surface area contributed by atoms with Crippen molar-refractivity contribution in [3.63, 3.8) is 0 Å². The molecule has 0 spiro atoms. The molecule has 0 amide bonds. The summed E-state index contributed by atoms with van der Waals surface area (Å²) in [4.78, 5) is 3.97. The van der Waals surface area contributed by atoms with E-state index < -0.39 is 0 Å². The number of aliphatic hydroxyl groups excluding tert-OH is 1. The molecule has 12 heavy (non-hydrogen) atoms. The largest absolute Gasteiger partial charge is 0.396 e. The van der Waals surface area contributed by atoms with Crippen molar-refractivity contribution in [2.24, 2.45) is 0 Å². The van der Waals surface area contributed by atoms with Gasteiger partial charge in [-0.3, -0.25) is 4.98 Å². The van der Waals surface area contributed by atoms with Crippen LogP contribution < -0.4 is 0 Å². The molecule has 0 radical (unpaired) electrons. The van der Waals surface area contributed by atoms with E-state index in [4.69, 9.17) is 9.84 Å². The minimum atomic E-state index is 0.0451. The van der Waals surface area contributed by atoms with Crippen molar-refractivity contribution in [1.82, 2.24) is 4.98 Å². The Hall–Kier alpha value is -0.930. The smallest absolute Gasteiger partial charge is 0.0553 e. The van der Waals surface area contributed by atoms with E-state index in [9.17, 15) is 0 Å². The molecule has 1 unspecified atom stereocenters. The number of rotatable bonds is 4. The minimum Gasteiger partial charge on any atom is -0.396 e. The average molecular weight is 167 g/mol. The molecule has 1 N–H and O–H groups in total. The van der Waals surface area contributed by atoms with Crippen LogP contribution in [0.2, 0.25) is 0 Å². The summed E-state index contributed by atoms with van der Waals surface area (Å²) in [5, 5.41) is 9.00. The molecule has 3 heteroatoms. The quantitative estimate of drug-likeness (QED) is 0.721. The molecular weight excluding hydrogens is 154 g/mol. The summed E-state index contributed by atoms with van der Waals surface area (Å²) in [6.45, 7) is 0.627. The van der Waals surface area contributed by atoms with Crippen molar-refractivity contribution < 1.29 is 9.84 Å². The molecular formula is C9H13NO2. The molecule has 0 saturated heterocycles. The topological polar surface area (TPSA) is 42.4 Å². The van der Waals surface area contributed by atoms with Gasteiger partial charge < -0.3 is 9.84 Å². The molecule has 3 nitrogen and oxygen atoms in total. The van der Waals surface area contributed by atoms with Gasteiger partial charge in [-0.1, -0.05) is 6.07 Å². The maximum absolute atomic E-state index is 9.00. The highest BCUT2D eigenvalue weighted by Gasteiger charge is 2.08. The van der Waals surface area contributed by atoms with E-state index in [2.05, 4.69) is 4.98 Å². The van der Waals surface area contributed by atoms with E-state index in [1.807, 2.05) is 12.1 Å². The van der Waals surface area contributed by atoms with Gasteiger partial charge in [-0.2, -0.15) is 0 Å². The number of ether oxygens (including phenoxy) is 1. The first kappa shape index (κ1) is 9.16. The van der Waals surface area contributed by atoms with Gasteiger partial charge in [-0.15, -0.1) is 0 Å². The Balaban J connectivity index is 2.66. The van der Waals surface area contributed by atoms with Crippen LogP contribution in [0.4, 0.5) is 0 Å². The Morgan fingerprint density at radius 2 is 2.50 bits per heavy atom. The highest BCUT2D eigenvalue weighted by Crippen LogP contribution is 2.13. The Morgan fingerprint density at radius 3 is 3.00 bits per heavy atom. The van der Waals surface area contributed by atoms with Crippen molar-refractivity contribution in [1.29, 1.82) is 0 Å². The Morgan fingerprint density at radius 1 is 1.67 bits per heavy atom. The van der Waals surface area contributed by atoms with Crippen molar-refractivity contribution in [3.8, 4) is 0 Å². The van der Waals surface area contributed by atoms with E-state index in [0.29, 0.717) is 6.61 Å². The molecule has 0 aromatic carbocycles. The second-order valence-corrected chi connectivity index (χ2v) is 2.62. The predicted octanol–water partition coefficient (Wildman–Crippen LogP) is 0.804. The minimum absolute atomic E-state index is 0.0451. The lowest BCUT2D eigenvalue weighted by atomic mass is 10.0. The van der Waals surface area contributed by atoms with Crippen LogP contribution in [0.1, 0.15) is 11.5 Å². The monoisotopic (exact) mass is 167 g/mol. The molecule has 1 heterocycles.